The van der Waals surface area contributed by atoms with E-state index in [2.05, 4.69) is 81.1 Å². The van der Waals surface area contributed by atoms with Crippen LogP contribution in [0.1, 0.15) is 103 Å². The van der Waals surface area contributed by atoms with Crippen LogP contribution in [0.15, 0.2) is 64.1 Å². The Labute approximate surface area is 236 Å². The number of hydrogen-bond acceptors (Lipinski definition) is 4. The van der Waals surface area contributed by atoms with E-state index in [1.54, 1.807) is 4.90 Å². The van der Waals surface area contributed by atoms with E-state index in [0.29, 0.717) is 11.2 Å². The van der Waals surface area contributed by atoms with E-state index in [4.69, 9.17) is 14.2 Å². The zero-order valence-corrected chi connectivity index (χ0v) is 25.3. The van der Waals surface area contributed by atoms with Gasteiger partial charge in [-0.15, -0.1) is 11.8 Å². The van der Waals surface area contributed by atoms with E-state index in [1.165, 1.54) is 68.5 Å². The fourth-order valence-corrected chi connectivity index (χ4v) is 7.52. The van der Waals surface area contributed by atoms with Gasteiger partial charge in [-0.3, -0.25) is 0 Å². The number of nitrogens with one attached hydrogen (secondary N) is 1. The van der Waals surface area contributed by atoms with Crippen LogP contribution in [0.5, 0.6) is 0 Å². The SMILES string of the molecule is C/C=C\C(=C/C)SC1C[NH+](Cc2cnc(C(c3ccccc3)C3CCCCC3)o2)CCC1CC.C=O.CC. The zero-order valence-electron chi connectivity index (χ0n) is 24.5. The molecule has 210 valence electrons. The lowest BCUT2D eigenvalue weighted by Crippen LogP contribution is -3.13. The summed E-state index contributed by atoms with van der Waals surface area (Å²) in [7, 11) is 0. The number of thioether (sulfide) groups is 1. The highest BCUT2D eigenvalue weighted by Crippen LogP contribution is 2.40. The van der Waals surface area contributed by atoms with Crippen LogP contribution in [0.3, 0.4) is 0 Å². The Morgan fingerprint density at radius 1 is 1.13 bits per heavy atom. The van der Waals surface area contributed by atoms with Crippen LogP contribution >= 0.6 is 11.8 Å². The van der Waals surface area contributed by atoms with Gasteiger partial charge in [-0.25, -0.2) is 4.98 Å². The summed E-state index contributed by atoms with van der Waals surface area (Å²) in [6.45, 7) is 16.0. The van der Waals surface area contributed by atoms with Crippen molar-refractivity contribution in [3.05, 3.63) is 76.9 Å². The van der Waals surface area contributed by atoms with Crippen LogP contribution in [-0.2, 0) is 11.3 Å². The van der Waals surface area contributed by atoms with Gasteiger partial charge in [0.1, 0.15) is 13.3 Å². The molecular formula is C33H51N2O2S+. The lowest BCUT2D eigenvalue weighted by atomic mass is 9.77. The molecule has 4 nitrogen and oxygen atoms in total. The largest absolute Gasteiger partial charge is 0.439 e. The Hall–Kier alpha value is -2.11. The molecule has 1 aliphatic carbocycles. The summed E-state index contributed by atoms with van der Waals surface area (Å²) in [6, 6.07) is 10.9. The molecule has 0 bridgehead atoms. The zero-order chi connectivity index (χ0) is 27.8. The molecule has 4 unspecified atom stereocenters. The monoisotopic (exact) mass is 539 g/mol. The molecule has 2 aromatic rings. The van der Waals surface area contributed by atoms with Crippen molar-refractivity contribution in [2.45, 2.75) is 97.3 Å². The first-order valence-electron chi connectivity index (χ1n) is 14.8. The quantitative estimate of drug-likeness (QED) is 0.333. The van der Waals surface area contributed by atoms with Gasteiger partial charge in [-0.2, -0.15) is 0 Å². The number of carbonyl (C=O) groups excluding carboxylic acids is 1. The number of nitrogens with zero attached hydrogens (tertiary/aromatic N) is 1. The van der Waals surface area contributed by atoms with Gasteiger partial charge in [-0.05, 0) is 44.1 Å². The molecular weight excluding hydrogens is 488 g/mol. The van der Waals surface area contributed by atoms with Gasteiger partial charge in [-0.1, -0.05) is 95.0 Å². The Balaban J connectivity index is 0.00000121. The first kappa shape index (κ1) is 32.1. The number of benzene rings is 1. The summed E-state index contributed by atoms with van der Waals surface area (Å²) in [5.41, 5.74) is 1.36. The molecule has 2 heterocycles. The van der Waals surface area contributed by atoms with E-state index in [1.807, 2.05) is 26.8 Å². The van der Waals surface area contributed by atoms with Crippen molar-refractivity contribution < 1.29 is 14.1 Å². The van der Waals surface area contributed by atoms with Gasteiger partial charge in [0.25, 0.3) is 0 Å². The maximum absolute atomic E-state index is 8.00. The standard InChI is InChI=1S/C30H42N2OS.C2H6.CH2O/c1-4-13-27(6-3)34-28-22-32(19-18-23(28)5-2)21-26-20-31-30(33-26)29(24-14-9-7-10-15-24)25-16-11-8-12-17-25;2*1-2/h4,6-7,9-10,13-15,20,23,25,28-29H,5,8,11-12,16-19,21-22H2,1-3H3;1-2H3;1H2/p+1/b13-4-,27-6+;;. The summed E-state index contributed by atoms with van der Waals surface area (Å²) in [5.74, 6) is 3.72. The van der Waals surface area contributed by atoms with Crippen LogP contribution in [0.4, 0.5) is 0 Å². The van der Waals surface area contributed by atoms with Gasteiger partial charge in [0.15, 0.2) is 5.76 Å². The third-order valence-electron chi connectivity index (χ3n) is 7.85. The molecule has 1 aliphatic heterocycles. The highest BCUT2D eigenvalue weighted by atomic mass is 32.2. The molecule has 2 fully saturated rings. The summed E-state index contributed by atoms with van der Waals surface area (Å²) < 4.78 is 6.52. The Morgan fingerprint density at radius 2 is 1.84 bits per heavy atom. The van der Waals surface area contributed by atoms with Crippen molar-refractivity contribution in [2.75, 3.05) is 13.1 Å². The molecule has 4 rings (SSSR count). The summed E-state index contributed by atoms with van der Waals surface area (Å²) >= 11 is 2.07. The van der Waals surface area contributed by atoms with E-state index < -0.39 is 0 Å². The van der Waals surface area contributed by atoms with Gasteiger partial charge >= 0.3 is 0 Å². The summed E-state index contributed by atoms with van der Waals surface area (Å²) in [5, 5.41) is 0.665. The van der Waals surface area contributed by atoms with Crippen molar-refractivity contribution in [1.29, 1.82) is 0 Å². The number of quaternary nitrogens is 1. The second-order valence-corrected chi connectivity index (χ2v) is 11.4. The van der Waals surface area contributed by atoms with Crippen LogP contribution in [-0.4, -0.2) is 30.1 Å². The maximum atomic E-state index is 8.00. The average Bonchev–Trinajstić information content (AvgIpc) is 3.44. The minimum absolute atomic E-state index is 0.289. The van der Waals surface area contributed by atoms with Crippen LogP contribution in [0, 0.1) is 11.8 Å². The predicted molar refractivity (Wildman–Crippen MR) is 163 cm³/mol. The minimum Gasteiger partial charge on any atom is -0.439 e. The van der Waals surface area contributed by atoms with Crippen LogP contribution in [0.25, 0.3) is 0 Å². The fourth-order valence-electron chi connectivity index (χ4n) is 5.98. The van der Waals surface area contributed by atoms with Crippen molar-refractivity contribution in [2.24, 2.45) is 11.8 Å². The Morgan fingerprint density at radius 3 is 2.47 bits per heavy atom. The molecule has 1 N–H and O–H groups in total. The predicted octanol–water partition coefficient (Wildman–Crippen LogP) is 7.62. The normalized spacial score (nSPS) is 23.2. The second-order valence-electron chi connectivity index (χ2n) is 10.1. The molecule has 0 spiro atoms. The number of piperidine rings is 1. The summed E-state index contributed by atoms with van der Waals surface area (Å²) in [4.78, 5) is 15.9. The molecule has 1 aromatic heterocycles. The van der Waals surface area contributed by atoms with Crippen molar-refractivity contribution >= 4 is 18.6 Å². The molecule has 5 heteroatoms. The Bertz CT molecular complexity index is 949. The number of hydrogen-bond donors (Lipinski definition) is 1. The maximum Gasteiger partial charge on any atom is 0.202 e. The topological polar surface area (TPSA) is 47.5 Å². The van der Waals surface area contributed by atoms with E-state index in [9.17, 15) is 0 Å². The van der Waals surface area contributed by atoms with Gasteiger partial charge in [0.2, 0.25) is 5.89 Å². The minimum atomic E-state index is 0.289. The molecule has 1 saturated carbocycles. The number of carbonyl (C=O) groups is 1. The second kappa shape index (κ2) is 18.2. The highest BCUT2D eigenvalue weighted by molar-refractivity contribution is 8.03. The molecule has 0 amide bonds. The first-order chi connectivity index (χ1) is 18.7. The molecule has 1 saturated heterocycles. The smallest absolute Gasteiger partial charge is 0.202 e. The molecule has 1 aromatic carbocycles. The van der Waals surface area contributed by atoms with E-state index in [0.717, 1.165) is 24.1 Å². The van der Waals surface area contributed by atoms with Crippen molar-refractivity contribution in [3.63, 3.8) is 0 Å². The van der Waals surface area contributed by atoms with Crippen molar-refractivity contribution in [1.82, 2.24) is 4.98 Å². The van der Waals surface area contributed by atoms with Gasteiger partial charge in [0, 0.05) is 11.3 Å². The number of oxazole rings is 1. The molecule has 4 atom stereocenters. The van der Waals surface area contributed by atoms with Gasteiger partial charge < -0.3 is 14.1 Å². The first-order valence-corrected chi connectivity index (χ1v) is 15.7. The average molecular weight is 540 g/mol. The lowest BCUT2D eigenvalue weighted by Gasteiger charge is -2.35. The number of allylic oxidation sites excluding steroid dienone is 3. The lowest BCUT2D eigenvalue weighted by molar-refractivity contribution is -0.919. The molecule has 38 heavy (non-hydrogen) atoms. The fraction of sp³-hybridized carbons (Fsp3) is 0.576. The third kappa shape index (κ3) is 9.27. The van der Waals surface area contributed by atoms with Crippen LogP contribution in [0.2, 0.25) is 0 Å². The number of aromatic nitrogens is 1. The van der Waals surface area contributed by atoms with Gasteiger partial charge in [0.05, 0.1) is 30.5 Å². The highest BCUT2D eigenvalue weighted by Gasteiger charge is 2.34. The van der Waals surface area contributed by atoms with Crippen LogP contribution < -0.4 is 4.90 Å². The van der Waals surface area contributed by atoms with E-state index in [-0.39, 0.29) is 5.92 Å². The third-order valence-corrected chi connectivity index (χ3v) is 9.35. The van der Waals surface area contributed by atoms with E-state index >= 15 is 0 Å². The Kier molecular flexibility index (Phi) is 15.4. The van der Waals surface area contributed by atoms with Crippen molar-refractivity contribution in [3.8, 4) is 0 Å². The number of rotatable bonds is 9. The molecule has 0 radical (unpaired) electrons. The molecule has 2 aliphatic rings. The number of likely N-dealkylation sites (tertiary alicyclic amines) is 1. The summed E-state index contributed by atoms with van der Waals surface area (Å²) in [6.07, 6.45) is 17.8.